The zero-order valence-corrected chi connectivity index (χ0v) is 19.6. The number of ether oxygens (including phenoxy) is 3. The number of carbonyl (C=O) groups excluding carboxylic acids is 1. The Hall–Kier alpha value is -2.89. The van der Waals surface area contributed by atoms with Crippen molar-refractivity contribution < 1.29 is 19.0 Å². The molecule has 1 N–H and O–H groups in total. The van der Waals surface area contributed by atoms with Crippen molar-refractivity contribution in [2.75, 3.05) is 31.9 Å². The van der Waals surface area contributed by atoms with E-state index in [1.165, 1.54) is 20.3 Å². The van der Waals surface area contributed by atoms with Crippen LogP contribution in [0.3, 0.4) is 0 Å². The summed E-state index contributed by atoms with van der Waals surface area (Å²) in [5.41, 5.74) is 0.274. The van der Waals surface area contributed by atoms with Gasteiger partial charge in [0.15, 0.2) is 5.16 Å². The maximum absolute atomic E-state index is 13.2. The van der Waals surface area contributed by atoms with Crippen molar-refractivity contribution in [3.63, 3.8) is 0 Å². The molecule has 1 amide bonds. The van der Waals surface area contributed by atoms with Crippen LogP contribution < -0.4 is 20.3 Å². The number of anilines is 1. The van der Waals surface area contributed by atoms with E-state index in [1.807, 2.05) is 0 Å². The molecule has 3 aromatic rings. The molecule has 0 saturated carbocycles. The number of benzene rings is 1. The van der Waals surface area contributed by atoms with Crippen molar-refractivity contribution in [2.24, 2.45) is 0 Å². The van der Waals surface area contributed by atoms with E-state index >= 15 is 0 Å². The normalized spacial score (nSPS) is 15.5. The van der Waals surface area contributed by atoms with Crippen LogP contribution in [0.15, 0.2) is 34.2 Å². The molecule has 4 rings (SSSR count). The number of aromatic nitrogens is 4. The zero-order chi connectivity index (χ0) is 23.4. The number of rotatable bonds is 8. The van der Waals surface area contributed by atoms with Crippen molar-refractivity contribution >= 4 is 46.1 Å². The smallest absolute Gasteiger partial charge is 0.262 e. The van der Waals surface area contributed by atoms with Gasteiger partial charge in [0.1, 0.15) is 0 Å². The summed E-state index contributed by atoms with van der Waals surface area (Å²) >= 11 is 7.23. The largest absolute Gasteiger partial charge is 0.481 e. The zero-order valence-electron chi connectivity index (χ0n) is 18.0. The molecular weight excluding hydrogens is 470 g/mol. The van der Waals surface area contributed by atoms with Crippen LogP contribution in [-0.4, -0.2) is 58.1 Å². The van der Waals surface area contributed by atoms with Crippen LogP contribution in [0.2, 0.25) is 5.02 Å². The van der Waals surface area contributed by atoms with Gasteiger partial charge in [0, 0.05) is 11.6 Å². The Morgan fingerprint density at radius 2 is 2.00 bits per heavy atom. The molecule has 1 saturated heterocycles. The Balaban J connectivity index is 1.56. The predicted octanol–water partition coefficient (Wildman–Crippen LogP) is 2.77. The molecule has 1 aromatic carbocycles. The van der Waals surface area contributed by atoms with E-state index in [1.54, 1.807) is 22.8 Å². The van der Waals surface area contributed by atoms with Gasteiger partial charge in [0.2, 0.25) is 23.6 Å². The molecule has 0 bridgehead atoms. The monoisotopic (exact) mass is 491 g/mol. The van der Waals surface area contributed by atoms with E-state index in [0.29, 0.717) is 34.2 Å². The predicted molar refractivity (Wildman–Crippen MR) is 124 cm³/mol. The van der Waals surface area contributed by atoms with Crippen LogP contribution in [0.25, 0.3) is 10.9 Å². The second kappa shape index (κ2) is 10.4. The van der Waals surface area contributed by atoms with E-state index in [4.69, 9.17) is 25.8 Å². The number of amides is 1. The average Bonchev–Trinajstić information content (AvgIpc) is 3.32. The number of methoxy groups -OCH3 is 2. The summed E-state index contributed by atoms with van der Waals surface area (Å²) in [6, 6.07) is 6.45. The molecule has 1 aliphatic heterocycles. The molecule has 3 heterocycles. The molecule has 1 fully saturated rings. The van der Waals surface area contributed by atoms with Crippen molar-refractivity contribution in [1.82, 2.24) is 19.5 Å². The van der Waals surface area contributed by atoms with Crippen LogP contribution >= 0.6 is 23.4 Å². The first kappa shape index (κ1) is 23.3. The first-order chi connectivity index (χ1) is 16.0. The summed E-state index contributed by atoms with van der Waals surface area (Å²) in [5, 5.41) is 3.96. The third-order valence-electron chi connectivity index (χ3n) is 4.97. The molecule has 0 radical (unpaired) electrons. The molecule has 0 aliphatic carbocycles. The highest BCUT2D eigenvalue weighted by Crippen LogP contribution is 2.23. The maximum Gasteiger partial charge on any atom is 0.262 e. The molecule has 1 atom stereocenters. The van der Waals surface area contributed by atoms with Crippen molar-refractivity contribution in [1.29, 1.82) is 0 Å². The standard InChI is InChI=1S/C21H22ClN5O5S/c1-30-17-9-18(31-2)26-20(25-17)24-16(28)11-33-21-23-15-8-12(22)5-6-14(15)19(29)27(21)10-13-4-3-7-32-13/h5-6,8-9,13H,3-4,7,10-11H2,1-2H3,(H,24,25,26,28). The van der Waals surface area contributed by atoms with Crippen LogP contribution in [0.4, 0.5) is 5.95 Å². The molecule has 1 aliphatic rings. The minimum atomic E-state index is -0.376. The van der Waals surface area contributed by atoms with Crippen molar-refractivity contribution in [3.05, 3.63) is 39.6 Å². The van der Waals surface area contributed by atoms with Crippen LogP contribution in [0, 0.1) is 0 Å². The van der Waals surface area contributed by atoms with Gasteiger partial charge in [-0.15, -0.1) is 0 Å². The van der Waals surface area contributed by atoms with Gasteiger partial charge in [0.05, 0.1) is 49.6 Å². The number of hydrogen-bond acceptors (Lipinski definition) is 9. The van der Waals surface area contributed by atoms with E-state index in [-0.39, 0.29) is 41.0 Å². The first-order valence-corrected chi connectivity index (χ1v) is 11.5. The Labute approximate surface area is 198 Å². The number of nitrogens with zero attached hydrogens (tertiary/aromatic N) is 4. The molecule has 33 heavy (non-hydrogen) atoms. The second-order valence-corrected chi connectivity index (χ2v) is 8.60. The van der Waals surface area contributed by atoms with E-state index in [0.717, 1.165) is 24.6 Å². The SMILES string of the molecule is COc1cc(OC)nc(NC(=O)CSc2nc3cc(Cl)ccc3c(=O)n2CC2CCCO2)n1. The van der Waals surface area contributed by atoms with Crippen LogP contribution in [0.1, 0.15) is 12.8 Å². The Kier molecular flexibility index (Phi) is 7.31. The highest BCUT2D eigenvalue weighted by atomic mass is 35.5. The fraction of sp³-hybridized carbons (Fsp3) is 0.381. The van der Waals surface area contributed by atoms with E-state index < -0.39 is 0 Å². The van der Waals surface area contributed by atoms with E-state index in [2.05, 4.69) is 20.3 Å². The summed E-state index contributed by atoms with van der Waals surface area (Å²) in [4.78, 5) is 38.6. The van der Waals surface area contributed by atoms with Gasteiger partial charge in [-0.3, -0.25) is 19.5 Å². The van der Waals surface area contributed by atoms with Gasteiger partial charge in [-0.05, 0) is 31.0 Å². The highest BCUT2D eigenvalue weighted by Gasteiger charge is 2.21. The average molecular weight is 492 g/mol. The van der Waals surface area contributed by atoms with Gasteiger partial charge in [-0.1, -0.05) is 23.4 Å². The lowest BCUT2D eigenvalue weighted by Gasteiger charge is -2.16. The number of halogens is 1. The molecule has 174 valence electrons. The van der Waals surface area contributed by atoms with Gasteiger partial charge >= 0.3 is 0 Å². The molecule has 0 spiro atoms. The molecule has 2 aromatic heterocycles. The number of nitrogens with one attached hydrogen (secondary N) is 1. The Morgan fingerprint density at radius 3 is 2.67 bits per heavy atom. The lowest BCUT2D eigenvalue weighted by molar-refractivity contribution is -0.113. The van der Waals surface area contributed by atoms with Crippen molar-refractivity contribution in [2.45, 2.75) is 30.6 Å². The number of thioether (sulfide) groups is 1. The summed E-state index contributed by atoms with van der Waals surface area (Å²) in [5.74, 6) is 0.158. The number of hydrogen-bond donors (Lipinski definition) is 1. The lowest BCUT2D eigenvalue weighted by atomic mass is 10.2. The Bertz CT molecular complexity index is 1210. The number of carbonyl (C=O) groups is 1. The molecular formula is C21H22ClN5O5S. The fourth-order valence-electron chi connectivity index (χ4n) is 3.40. The summed E-state index contributed by atoms with van der Waals surface area (Å²) < 4.78 is 17.5. The second-order valence-electron chi connectivity index (χ2n) is 7.22. The summed E-state index contributed by atoms with van der Waals surface area (Å²) in [6.07, 6.45) is 1.75. The minimum Gasteiger partial charge on any atom is -0.481 e. The topological polar surface area (TPSA) is 117 Å². The summed E-state index contributed by atoms with van der Waals surface area (Å²) in [7, 11) is 2.91. The first-order valence-electron chi connectivity index (χ1n) is 10.2. The maximum atomic E-state index is 13.2. The quantitative estimate of drug-likeness (QED) is 0.375. The lowest BCUT2D eigenvalue weighted by Crippen LogP contribution is -2.29. The minimum absolute atomic E-state index is 0.0209. The van der Waals surface area contributed by atoms with Crippen molar-refractivity contribution in [3.8, 4) is 11.8 Å². The van der Waals surface area contributed by atoms with Gasteiger partial charge in [-0.2, -0.15) is 9.97 Å². The van der Waals surface area contributed by atoms with Gasteiger partial charge in [-0.25, -0.2) is 4.98 Å². The third kappa shape index (κ3) is 5.55. The summed E-state index contributed by atoms with van der Waals surface area (Å²) in [6.45, 7) is 1.04. The van der Waals surface area contributed by atoms with Gasteiger partial charge in [0.25, 0.3) is 5.56 Å². The van der Waals surface area contributed by atoms with E-state index in [9.17, 15) is 9.59 Å². The third-order valence-corrected chi connectivity index (χ3v) is 6.19. The fourth-order valence-corrected chi connectivity index (χ4v) is 4.37. The molecule has 12 heteroatoms. The van der Waals surface area contributed by atoms with Crippen LogP contribution in [0.5, 0.6) is 11.8 Å². The number of fused-ring (bicyclic) bond motifs is 1. The molecule has 10 nitrogen and oxygen atoms in total. The van der Waals surface area contributed by atoms with Gasteiger partial charge < -0.3 is 14.2 Å². The Morgan fingerprint density at radius 1 is 1.24 bits per heavy atom. The highest BCUT2D eigenvalue weighted by molar-refractivity contribution is 7.99. The molecule has 1 unspecified atom stereocenters. The van der Waals surface area contributed by atoms with Crippen LogP contribution in [-0.2, 0) is 16.1 Å².